The van der Waals surface area contributed by atoms with Gasteiger partial charge in [-0.3, -0.25) is 4.79 Å². The summed E-state index contributed by atoms with van der Waals surface area (Å²) in [7, 11) is 0. The van der Waals surface area contributed by atoms with E-state index in [9.17, 15) is 9.18 Å². The molecule has 0 saturated carbocycles. The van der Waals surface area contributed by atoms with Crippen LogP contribution in [0.4, 0.5) is 4.39 Å². The number of likely N-dealkylation sites (tertiary alicyclic amines) is 1. The van der Waals surface area contributed by atoms with Crippen molar-refractivity contribution in [1.29, 1.82) is 0 Å². The lowest BCUT2D eigenvalue weighted by Crippen LogP contribution is -2.44. The van der Waals surface area contributed by atoms with Gasteiger partial charge in [-0.15, -0.1) is 0 Å². The molecule has 1 aromatic rings. The van der Waals surface area contributed by atoms with Gasteiger partial charge in [-0.2, -0.15) is 0 Å². The minimum Gasteiger partial charge on any atom is -0.336 e. The number of rotatable bonds is 3. The molecule has 1 fully saturated rings. The van der Waals surface area contributed by atoms with Crippen molar-refractivity contribution in [2.24, 2.45) is 0 Å². The third-order valence-corrected chi connectivity index (χ3v) is 4.35. The predicted molar refractivity (Wildman–Crippen MR) is 78.5 cm³/mol. The molecule has 1 unspecified atom stereocenters. The van der Waals surface area contributed by atoms with Gasteiger partial charge in [0, 0.05) is 17.9 Å². The normalized spacial score (nSPS) is 19.5. The number of hydrogen-bond acceptors (Lipinski definition) is 1. The van der Waals surface area contributed by atoms with Crippen LogP contribution in [-0.4, -0.2) is 28.7 Å². The lowest BCUT2D eigenvalue weighted by Gasteiger charge is -2.35. The lowest BCUT2D eigenvalue weighted by molar-refractivity contribution is 0.0609. The Hall–Kier alpha value is -0.610. The highest BCUT2D eigenvalue weighted by Crippen LogP contribution is 2.26. The molecule has 1 heterocycles. The molecule has 5 heteroatoms. The summed E-state index contributed by atoms with van der Waals surface area (Å²) in [5, 5.41) is 0.786. The number of halogens is 3. The van der Waals surface area contributed by atoms with Crippen molar-refractivity contribution in [3.8, 4) is 0 Å². The number of amides is 1. The van der Waals surface area contributed by atoms with Crippen LogP contribution < -0.4 is 0 Å². The van der Waals surface area contributed by atoms with Gasteiger partial charge in [-0.05, 0) is 37.8 Å². The van der Waals surface area contributed by atoms with E-state index in [-0.39, 0.29) is 22.5 Å². The summed E-state index contributed by atoms with van der Waals surface area (Å²) in [6.45, 7) is 0.726. The zero-order valence-electron chi connectivity index (χ0n) is 10.5. The van der Waals surface area contributed by atoms with E-state index in [0.717, 1.165) is 37.6 Å². The van der Waals surface area contributed by atoms with Gasteiger partial charge < -0.3 is 4.90 Å². The topological polar surface area (TPSA) is 20.3 Å². The molecule has 0 bridgehead atoms. The Morgan fingerprint density at radius 2 is 2.26 bits per heavy atom. The zero-order chi connectivity index (χ0) is 13.8. The van der Waals surface area contributed by atoms with Crippen LogP contribution in [0.3, 0.4) is 0 Å². The summed E-state index contributed by atoms with van der Waals surface area (Å²) in [6.07, 6.45) is 4.05. The molecular weight excluding hydrogens is 333 g/mol. The summed E-state index contributed by atoms with van der Waals surface area (Å²) in [4.78, 5) is 14.4. The second kappa shape index (κ2) is 6.71. The van der Waals surface area contributed by atoms with E-state index in [0.29, 0.717) is 0 Å². The van der Waals surface area contributed by atoms with E-state index in [1.165, 1.54) is 12.1 Å². The Labute approximate surface area is 126 Å². The summed E-state index contributed by atoms with van der Waals surface area (Å²) in [6, 6.07) is 4.61. The van der Waals surface area contributed by atoms with Gasteiger partial charge in [-0.25, -0.2) is 4.39 Å². The molecule has 1 aliphatic heterocycles. The van der Waals surface area contributed by atoms with Gasteiger partial charge in [0.1, 0.15) is 5.82 Å². The molecule has 2 rings (SSSR count). The third kappa shape index (κ3) is 3.29. The Morgan fingerprint density at radius 3 is 3.00 bits per heavy atom. The molecule has 1 saturated heterocycles. The van der Waals surface area contributed by atoms with Crippen LogP contribution in [0, 0.1) is 5.82 Å². The van der Waals surface area contributed by atoms with E-state index < -0.39 is 5.82 Å². The average molecular weight is 349 g/mol. The standard InChI is InChI=1S/C14H16BrClFNO/c15-8-7-10-4-1-2-9-18(10)14(19)11-5-3-6-12(17)13(11)16/h3,5-6,10H,1-2,4,7-9H2. The molecule has 0 aliphatic carbocycles. The number of hydrogen-bond donors (Lipinski definition) is 0. The summed E-state index contributed by atoms with van der Waals surface area (Å²) < 4.78 is 13.4. The SMILES string of the molecule is O=C(c1cccc(F)c1Cl)N1CCCCC1CCBr. The van der Waals surface area contributed by atoms with E-state index >= 15 is 0 Å². The number of carbonyl (C=O) groups excluding carboxylic acids is 1. The Kier molecular flexibility index (Phi) is 5.22. The largest absolute Gasteiger partial charge is 0.336 e. The minimum absolute atomic E-state index is 0.0735. The molecule has 104 valence electrons. The van der Waals surface area contributed by atoms with Crippen LogP contribution in [0.1, 0.15) is 36.0 Å². The summed E-state index contributed by atoms with van der Waals surface area (Å²) >= 11 is 9.32. The number of alkyl halides is 1. The third-order valence-electron chi connectivity index (χ3n) is 3.51. The van der Waals surface area contributed by atoms with Crippen LogP contribution in [0.2, 0.25) is 5.02 Å². The highest BCUT2D eigenvalue weighted by Gasteiger charge is 2.28. The molecule has 1 aromatic carbocycles. The number of nitrogens with zero attached hydrogens (tertiary/aromatic N) is 1. The van der Waals surface area contributed by atoms with Crippen molar-refractivity contribution in [2.75, 3.05) is 11.9 Å². The summed E-state index contributed by atoms with van der Waals surface area (Å²) in [5.74, 6) is -0.697. The number of piperidine rings is 1. The zero-order valence-corrected chi connectivity index (χ0v) is 12.9. The first-order valence-electron chi connectivity index (χ1n) is 6.46. The van der Waals surface area contributed by atoms with E-state index in [4.69, 9.17) is 11.6 Å². The van der Waals surface area contributed by atoms with Crippen LogP contribution >= 0.6 is 27.5 Å². The van der Waals surface area contributed by atoms with E-state index in [1.807, 2.05) is 4.90 Å². The molecule has 0 radical (unpaired) electrons. The maximum atomic E-state index is 13.4. The molecular formula is C14H16BrClFNO. The fourth-order valence-corrected chi connectivity index (χ4v) is 3.25. The first kappa shape index (κ1) is 14.8. The van der Waals surface area contributed by atoms with Crippen molar-refractivity contribution in [1.82, 2.24) is 4.90 Å². The fourth-order valence-electron chi connectivity index (χ4n) is 2.52. The summed E-state index contributed by atoms with van der Waals surface area (Å²) in [5.41, 5.74) is 0.267. The van der Waals surface area contributed by atoms with Gasteiger partial charge in [-0.1, -0.05) is 33.6 Å². The molecule has 1 aliphatic rings. The molecule has 1 amide bonds. The maximum absolute atomic E-state index is 13.4. The number of benzene rings is 1. The van der Waals surface area contributed by atoms with E-state index in [2.05, 4.69) is 15.9 Å². The highest BCUT2D eigenvalue weighted by atomic mass is 79.9. The second-order valence-electron chi connectivity index (χ2n) is 4.73. The molecule has 1 atom stereocenters. The second-order valence-corrected chi connectivity index (χ2v) is 5.90. The van der Waals surface area contributed by atoms with Crippen molar-refractivity contribution in [3.63, 3.8) is 0 Å². The first-order chi connectivity index (χ1) is 9.15. The molecule has 19 heavy (non-hydrogen) atoms. The monoisotopic (exact) mass is 347 g/mol. The van der Waals surface area contributed by atoms with Crippen LogP contribution in [0.15, 0.2) is 18.2 Å². The molecule has 0 aromatic heterocycles. The average Bonchev–Trinajstić information content (AvgIpc) is 2.42. The van der Waals surface area contributed by atoms with Crippen molar-refractivity contribution in [3.05, 3.63) is 34.6 Å². The Morgan fingerprint density at radius 1 is 1.47 bits per heavy atom. The van der Waals surface area contributed by atoms with Gasteiger partial charge in [0.15, 0.2) is 0 Å². The Balaban J connectivity index is 2.23. The maximum Gasteiger partial charge on any atom is 0.255 e. The minimum atomic E-state index is -0.540. The van der Waals surface area contributed by atoms with Crippen LogP contribution in [-0.2, 0) is 0 Å². The van der Waals surface area contributed by atoms with Gasteiger partial charge in [0.05, 0.1) is 10.6 Å². The van der Waals surface area contributed by atoms with Crippen molar-refractivity contribution >= 4 is 33.4 Å². The molecule has 2 nitrogen and oxygen atoms in total. The van der Waals surface area contributed by atoms with Crippen LogP contribution in [0.25, 0.3) is 0 Å². The van der Waals surface area contributed by atoms with Gasteiger partial charge >= 0.3 is 0 Å². The van der Waals surface area contributed by atoms with E-state index in [1.54, 1.807) is 6.07 Å². The first-order valence-corrected chi connectivity index (χ1v) is 7.96. The lowest BCUT2D eigenvalue weighted by atomic mass is 9.99. The predicted octanol–water partition coefficient (Wildman–Crippen LogP) is 4.26. The molecule has 0 spiro atoms. The smallest absolute Gasteiger partial charge is 0.255 e. The quantitative estimate of drug-likeness (QED) is 0.747. The Bertz CT molecular complexity index is 467. The fraction of sp³-hybridized carbons (Fsp3) is 0.500. The van der Waals surface area contributed by atoms with Gasteiger partial charge in [0.25, 0.3) is 5.91 Å². The van der Waals surface area contributed by atoms with Gasteiger partial charge in [0.2, 0.25) is 0 Å². The highest BCUT2D eigenvalue weighted by molar-refractivity contribution is 9.09. The number of carbonyl (C=O) groups is 1. The van der Waals surface area contributed by atoms with Crippen molar-refractivity contribution < 1.29 is 9.18 Å². The van der Waals surface area contributed by atoms with Crippen LogP contribution in [0.5, 0.6) is 0 Å². The van der Waals surface area contributed by atoms with Crippen molar-refractivity contribution in [2.45, 2.75) is 31.7 Å². The molecule has 0 N–H and O–H groups in total.